The molecule has 0 aliphatic heterocycles. The Labute approximate surface area is 147 Å². The number of terminal acetylenes is 1. The van der Waals surface area contributed by atoms with Crippen molar-refractivity contribution in [1.29, 1.82) is 0 Å². The third kappa shape index (κ3) is 4.42. The zero-order chi connectivity index (χ0) is 17.7. The summed E-state index contributed by atoms with van der Waals surface area (Å²) >= 11 is 0. The van der Waals surface area contributed by atoms with E-state index in [9.17, 15) is 0 Å². The van der Waals surface area contributed by atoms with Crippen LogP contribution in [0.25, 0.3) is 0 Å². The molecule has 1 aromatic carbocycles. The van der Waals surface area contributed by atoms with Gasteiger partial charge >= 0.3 is 0 Å². The first-order valence-corrected chi connectivity index (χ1v) is 8.68. The molecule has 1 atom stereocenters. The van der Waals surface area contributed by atoms with E-state index in [1.165, 1.54) is 16.7 Å². The first-order valence-electron chi connectivity index (χ1n) is 8.68. The SMILES string of the molecule is C#C/C(NC)=C(/C)C1=CC(Cc2cccc(C(C)(C)C)c2)CC=C1. The minimum Gasteiger partial charge on any atom is -0.381 e. The van der Waals surface area contributed by atoms with E-state index in [2.05, 4.69) is 81.4 Å². The lowest BCUT2D eigenvalue weighted by Crippen LogP contribution is -2.12. The maximum Gasteiger partial charge on any atom is 0.0883 e. The second-order valence-corrected chi connectivity index (χ2v) is 7.57. The second-order valence-electron chi connectivity index (χ2n) is 7.57. The molecule has 0 radical (unpaired) electrons. The molecule has 0 heterocycles. The first kappa shape index (κ1) is 18.1. The number of hydrogen-bond acceptors (Lipinski definition) is 1. The van der Waals surface area contributed by atoms with Gasteiger partial charge in [-0.05, 0) is 53.4 Å². The summed E-state index contributed by atoms with van der Waals surface area (Å²) in [6, 6.07) is 9.01. The van der Waals surface area contributed by atoms with Crippen LogP contribution in [0, 0.1) is 18.3 Å². The summed E-state index contributed by atoms with van der Waals surface area (Å²) in [7, 11) is 1.88. The molecule has 1 aliphatic rings. The third-order valence-corrected chi connectivity index (χ3v) is 4.64. The highest BCUT2D eigenvalue weighted by molar-refractivity contribution is 5.47. The summed E-state index contributed by atoms with van der Waals surface area (Å²) in [6.45, 7) is 8.88. The van der Waals surface area contributed by atoms with E-state index in [1.807, 2.05) is 7.05 Å². The van der Waals surface area contributed by atoms with Crippen molar-refractivity contribution >= 4 is 0 Å². The van der Waals surface area contributed by atoms with Crippen molar-refractivity contribution in [2.24, 2.45) is 5.92 Å². The Morgan fingerprint density at radius 1 is 1.33 bits per heavy atom. The molecule has 1 aliphatic carbocycles. The van der Waals surface area contributed by atoms with Gasteiger partial charge in [0.05, 0.1) is 5.70 Å². The van der Waals surface area contributed by atoms with Gasteiger partial charge in [-0.15, -0.1) is 6.42 Å². The molecule has 1 unspecified atom stereocenters. The van der Waals surface area contributed by atoms with Crippen molar-refractivity contribution in [3.63, 3.8) is 0 Å². The average molecular weight is 319 g/mol. The van der Waals surface area contributed by atoms with Gasteiger partial charge in [0.1, 0.15) is 0 Å². The molecule has 0 amide bonds. The molecular weight excluding hydrogens is 290 g/mol. The summed E-state index contributed by atoms with van der Waals surface area (Å²) in [4.78, 5) is 0. The number of hydrogen-bond donors (Lipinski definition) is 1. The maximum absolute atomic E-state index is 5.58. The summed E-state index contributed by atoms with van der Waals surface area (Å²) < 4.78 is 0. The summed E-state index contributed by atoms with van der Waals surface area (Å²) in [5, 5.41) is 3.11. The van der Waals surface area contributed by atoms with E-state index in [0.717, 1.165) is 24.1 Å². The van der Waals surface area contributed by atoms with Gasteiger partial charge in [0.15, 0.2) is 0 Å². The average Bonchev–Trinajstić information content (AvgIpc) is 2.55. The van der Waals surface area contributed by atoms with E-state index >= 15 is 0 Å². The predicted octanol–water partition coefficient (Wildman–Crippen LogP) is 5.16. The molecule has 24 heavy (non-hydrogen) atoms. The van der Waals surface area contributed by atoms with Crippen LogP contribution in [0.1, 0.15) is 45.2 Å². The van der Waals surface area contributed by atoms with Gasteiger partial charge in [0.25, 0.3) is 0 Å². The van der Waals surface area contributed by atoms with Crippen LogP contribution in [0.15, 0.2) is 59.3 Å². The number of benzene rings is 1. The van der Waals surface area contributed by atoms with Gasteiger partial charge in [-0.1, -0.05) is 69.2 Å². The molecule has 2 rings (SSSR count). The quantitative estimate of drug-likeness (QED) is 0.756. The lowest BCUT2D eigenvalue weighted by atomic mass is 9.83. The van der Waals surface area contributed by atoms with E-state index < -0.39 is 0 Å². The molecule has 1 N–H and O–H groups in total. The third-order valence-electron chi connectivity index (χ3n) is 4.64. The lowest BCUT2D eigenvalue weighted by molar-refractivity contribution is 0.586. The summed E-state index contributed by atoms with van der Waals surface area (Å²) in [5.74, 6) is 3.25. The fourth-order valence-corrected chi connectivity index (χ4v) is 3.12. The van der Waals surface area contributed by atoms with Crippen LogP contribution in [0.5, 0.6) is 0 Å². The molecule has 1 heteroatoms. The van der Waals surface area contributed by atoms with Gasteiger partial charge in [0, 0.05) is 7.05 Å². The molecule has 1 aromatic rings. The minimum atomic E-state index is 0.192. The van der Waals surface area contributed by atoms with Crippen LogP contribution in [-0.4, -0.2) is 7.05 Å². The molecule has 0 bridgehead atoms. The molecule has 0 aromatic heterocycles. The minimum absolute atomic E-state index is 0.192. The monoisotopic (exact) mass is 319 g/mol. The highest BCUT2D eigenvalue weighted by Gasteiger charge is 2.16. The van der Waals surface area contributed by atoms with E-state index in [4.69, 9.17) is 6.42 Å². The predicted molar refractivity (Wildman–Crippen MR) is 105 cm³/mol. The molecule has 0 saturated carbocycles. The Morgan fingerprint density at radius 3 is 2.71 bits per heavy atom. The van der Waals surface area contributed by atoms with Crippen LogP contribution < -0.4 is 5.32 Å². The zero-order valence-corrected chi connectivity index (χ0v) is 15.6. The van der Waals surface area contributed by atoms with E-state index in [0.29, 0.717) is 5.92 Å². The molecule has 0 saturated heterocycles. The lowest BCUT2D eigenvalue weighted by Gasteiger charge is -2.22. The fraction of sp³-hybridized carbons (Fsp3) is 0.391. The number of allylic oxidation sites excluding steroid dienone is 6. The number of rotatable bonds is 4. The topological polar surface area (TPSA) is 12.0 Å². The van der Waals surface area contributed by atoms with Crippen molar-refractivity contribution in [3.05, 3.63) is 70.5 Å². The Balaban J connectivity index is 2.22. The van der Waals surface area contributed by atoms with Gasteiger partial charge in [0.2, 0.25) is 0 Å². The summed E-state index contributed by atoms with van der Waals surface area (Å²) in [5.41, 5.74) is 6.24. The van der Waals surface area contributed by atoms with Crippen molar-refractivity contribution < 1.29 is 0 Å². The highest BCUT2D eigenvalue weighted by atomic mass is 14.8. The first-order chi connectivity index (χ1) is 11.3. The van der Waals surface area contributed by atoms with Gasteiger partial charge in [-0.2, -0.15) is 0 Å². The molecular formula is C23H29N. The molecule has 1 nitrogen and oxygen atoms in total. The Hall–Kier alpha value is -2.20. The molecule has 0 spiro atoms. The van der Waals surface area contributed by atoms with Gasteiger partial charge in [-0.25, -0.2) is 0 Å². The van der Waals surface area contributed by atoms with Crippen LogP contribution in [0.4, 0.5) is 0 Å². The number of nitrogens with one attached hydrogen (secondary N) is 1. The van der Waals surface area contributed by atoms with Gasteiger partial charge < -0.3 is 5.32 Å². The Kier molecular flexibility index (Phi) is 5.73. The standard InChI is InChI=1S/C23H29N/c1-7-22(24-6)17(2)20-12-8-10-18(15-20)14-19-11-9-13-21(16-19)23(3,4)5/h1,8-9,11-13,15-16,18,24H,10,14H2,2-6H3/b22-17+. The normalized spacial score (nSPS) is 18.5. The van der Waals surface area contributed by atoms with Crippen molar-refractivity contribution in [3.8, 4) is 12.3 Å². The van der Waals surface area contributed by atoms with Gasteiger partial charge in [-0.3, -0.25) is 0 Å². The zero-order valence-electron chi connectivity index (χ0n) is 15.6. The van der Waals surface area contributed by atoms with E-state index in [1.54, 1.807) is 0 Å². The Bertz CT molecular complexity index is 717. The smallest absolute Gasteiger partial charge is 0.0883 e. The second kappa shape index (κ2) is 7.58. The fourth-order valence-electron chi connectivity index (χ4n) is 3.12. The van der Waals surface area contributed by atoms with Crippen molar-refractivity contribution in [2.45, 2.75) is 46.0 Å². The van der Waals surface area contributed by atoms with E-state index in [-0.39, 0.29) is 5.41 Å². The van der Waals surface area contributed by atoms with Crippen molar-refractivity contribution in [2.75, 3.05) is 7.05 Å². The largest absolute Gasteiger partial charge is 0.381 e. The molecule has 126 valence electrons. The van der Waals surface area contributed by atoms with Crippen LogP contribution in [0.2, 0.25) is 0 Å². The van der Waals surface area contributed by atoms with Crippen molar-refractivity contribution in [1.82, 2.24) is 5.32 Å². The highest BCUT2D eigenvalue weighted by Crippen LogP contribution is 2.28. The molecule has 0 fully saturated rings. The van der Waals surface area contributed by atoms with Crippen LogP contribution in [-0.2, 0) is 11.8 Å². The Morgan fingerprint density at radius 2 is 2.08 bits per heavy atom. The maximum atomic E-state index is 5.58. The van der Waals surface area contributed by atoms with Crippen LogP contribution >= 0.6 is 0 Å². The summed E-state index contributed by atoms with van der Waals surface area (Å²) in [6.07, 6.45) is 14.6. The van der Waals surface area contributed by atoms with Crippen LogP contribution in [0.3, 0.4) is 0 Å².